The number of rotatable bonds is 3. The van der Waals surface area contributed by atoms with Crippen LogP contribution in [-0.2, 0) is 6.54 Å². The molecule has 0 radical (unpaired) electrons. The summed E-state index contributed by atoms with van der Waals surface area (Å²) in [7, 11) is 0. The summed E-state index contributed by atoms with van der Waals surface area (Å²) < 4.78 is 0. The maximum absolute atomic E-state index is 6.17. The van der Waals surface area contributed by atoms with Gasteiger partial charge in [-0.3, -0.25) is 5.43 Å². The average Bonchev–Trinajstić information content (AvgIpc) is 2.33. The lowest BCUT2D eigenvalue weighted by molar-refractivity contribution is 0.0436. The van der Waals surface area contributed by atoms with Crippen LogP contribution in [0, 0.1) is 0 Å². The highest BCUT2D eigenvalue weighted by Crippen LogP contribution is 2.23. The molecule has 18 heavy (non-hydrogen) atoms. The first kappa shape index (κ1) is 14.1. The van der Waals surface area contributed by atoms with E-state index in [0.29, 0.717) is 12.1 Å². The lowest BCUT2D eigenvalue weighted by Gasteiger charge is -2.39. The summed E-state index contributed by atoms with van der Waals surface area (Å²) in [5.41, 5.74) is 4.55. The minimum absolute atomic E-state index is 0.576. The zero-order chi connectivity index (χ0) is 13.1. The number of halogens is 2. The molecule has 1 aromatic rings. The largest absolute Gasteiger partial charge is 0.250 e. The van der Waals surface area contributed by atoms with Gasteiger partial charge in [0.25, 0.3) is 0 Å². The summed E-state index contributed by atoms with van der Waals surface area (Å²) in [5.74, 6) is 0. The third-order valence-corrected chi connectivity index (χ3v) is 4.26. The van der Waals surface area contributed by atoms with E-state index in [1.807, 2.05) is 18.2 Å². The zero-order valence-electron chi connectivity index (χ0n) is 10.9. The molecular formula is C14H20Cl2N2. The molecule has 2 nitrogen and oxygen atoms in total. The van der Waals surface area contributed by atoms with Gasteiger partial charge in [-0.05, 0) is 50.5 Å². The fourth-order valence-corrected chi connectivity index (χ4v) is 2.97. The topological polar surface area (TPSA) is 15.3 Å². The molecule has 1 aromatic carbocycles. The number of nitrogens with zero attached hydrogens (tertiary/aromatic N) is 1. The van der Waals surface area contributed by atoms with Crippen molar-refractivity contribution in [3.05, 3.63) is 33.8 Å². The van der Waals surface area contributed by atoms with Crippen LogP contribution in [0.5, 0.6) is 0 Å². The van der Waals surface area contributed by atoms with Gasteiger partial charge in [0.1, 0.15) is 0 Å². The highest BCUT2D eigenvalue weighted by atomic mass is 35.5. The maximum atomic E-state index is 6.17. The minimum Gasteiger partial charge on any atom is -0.250 e. The van der Waals surface area contributed by atoms with Crippen molar-refractivity contribution in [1.29, 1.82) is 0 Å². The average molecular weight is 287 g/mol. The van der Waals surface area contributed by atoms with Gasteiger partial charge in [0.2, 0.25) is 0 Å². The molecule has 2 rings (SSSR count). The number of hydrogen-bond acceptors (Lipinski definition) is 2. The Morgan fingerprint density at radius 2 is 1.89 bits per heavy atom. The summed E-state index contributed by atoms with van der Waals surface area (Å²) in [6, 6.07) is 6.75. The Balaban J connectivity index is 1.99. The molecule has 0 amide bonds. The predicted molar refractivity (Wildman–Crippen MR) is 77.9 cm³/mol. The van der Waals surface area contributed by atoms with Crippen molar-refractivity contribution in [2.24, 2.45) is 0 Å². The molecule has 1 aliphatic rings. The molecule has 100 valence electrons. The second kappa shape index (κ2) is 6.25. The Labute approximate surface area is 119 Å². The first-order valence-corrected chi connectivity index (χ1v) is 7.29. The Bertz CT molecular complexity index is 399. The molecule has 1 fully saturated rings. The van der Waals surface area contributed by atoms with Gasteiger partial charge < -0.3 is 0 Å². The van der Waals surface area contributed by atoms with E-state index in [0.717, 1.165) is 22.2 Å². The van der Waals surface area contributed by atoms with E-state index in [2.05, 4.69) is 24.3 Å². The van der Waals surface area contributed by atoms with Gasteiger partial charge in [-0.25, -0.2) is 5.01 Å². The van der Waals surface area contributed by atoms with Crippen LogP contribution in [0.25, 0.3) is 0 Å². The van der Waals surface area contributed by atoms with Crippen molar-refractivity contribution in [2.45, 2.75) is 51.7 Å². The van der Waals surface area contributed by atoms with Crippen LogP contribution in [0.3, 0.4) is 0 Å². The normalized spacial score (nSPS) is 25.3. The SMILES string of the molecule is CC1CCCC(C)N1NCc1cc(Cl)ccc1Cl. The van der Waals surface area contributed by atoms with E-state index < -0.39 is 0 Å². The van der Waals surface area contributed by atoms with Crippen LogP contribution in [-0.4, -0.2) is 17.1 Å². The van der Waals surface area contributed by atoms with E-state index >= 15 is 0 Å². The number of benzene rings is 1. The van der Waals surface area contributed by atoms with Crippen LogP contribution in [0.2, 0.25) is 10.0 Å². The smallest absolute Gasteiger partial charge is 0.0452 e. The van der Waals surface area contributed by atoms with Gasteiger partial charge >= 0.3 is 0 Å². The van der Waals surface area contributed by atoms with E-state index in [-0.39, 0.29) is 0 Å². The molecule has 0 aliphatic carbocycles. The summed E-state index contributed by atoms with van der Waals surface area (Å²) in [6.07, 6.45) is 3.82. The van der Waals surface area contributed by atoms with Gasteiger partial charge in [-0.1, -0.05) is 29.6 Å². The van der Waals surface area contributed by atoms with Crippen LogP contribution < -0.4 is 5.43 Å². The second-order valence-corrected chi connectivity index (χ2v) is 5.95. The molecule has 0 spiro atoms. The first-order valence-electron chi connectivity index (χ1n) is 6.53. The molecule has 2 atom stereocenters. The fraction of sp³-hybridized carbons (Fsp3) is 0.571. The third kappa shape index (κ3) is 3.39. The summed E-state index contributed by atoms with van der Waals surface area (Å²) in [6.45, 7) is 5.26. The lowest BCUT2D eigenvalue weighted by Crippen LogP contribution is -2.51. The Kier molecular flexibility index (Phi) is 4.91. The van der Waals surface area contributed by atoms with Gasteiger partial charge in [0.15, 0.2) is 0 Å². The molecule has 1 aliphatic heterocycles. The number of hydrogen-bond donors (Lipinski definition) is 1. The maximum Gasteiger partial charge on any atom is 0.0452 e. The van der Waals surface area contributed by atoms with Crippen molar-refractivity contribution in [3.8, 4) is 0 Å². The van der Waals surface area contributed by atoms with Crippen LogP contribution >= 0.6 is 23.2 Å². The molecule has 1 N–H and O–H groups in total. The quantitative estimate of drug-likeness (QED) is 0.893. The Morgan fingerprint density at radius 3 is 2.56 bits per heavy atom. The van der Waals surface area contributed by atoms with Crippen LogP contribution in [0.4, 0.5) is 0 Å². The molecule has 1 saturated heterocycles. The van der Waals surface area contributed by atoms with Gasteiger partial charge in [-0.2, -0.15) is 0 Å². The van der Waals surface area contributed by atoms with Crippen molar-refractivity contribution >= 4 is 23.2 Å². The van der Waals surface area contributed by atoms with Crippen LogP contribution in [0.15, 0.2) is 18.2 Å². The van der Waals surface area contributed by atoms with E-state index in [1.165, 1.54) is 19.3 Å². The van der Waals surface area contributed by atoms with E-state index in [1.54, 1.807) is 0 Å². The van der Waals surface area contributed by atoms with Gasteiger partial charge in [0, 0.05) is 28.7 Å². The minimum atomic E-state index is 0.576. The molecule has 0 aromatic heterocycles. The second-order valence-electron chi connectivity index (χ2n) is 5.11. The molecule has 0 bridgehead atoms. The van der Waals surface area contributed by atoms with Gasteiger partial charge in [-0.15, -0.1) is 0 Å². The highest BCUT2D eigenvalue weighted by molar-refractivity contribution is 6.33. The van der Waals surface area contributed by atoms with Crippen LogP contribution in [0.1, 0.15) is 38.7 Å². The highest BCUT2D eigenvalue weighted by Gasteiger charge is 2.24. The zero-order valence-corrected chi connectivity index (χ0v) is 12.4. The third-order valence-electron chi connectivity index (χ3n) is 3.65. The molecule has 4 heteroatoms. The summed E-state index contributed by atoms with van der Waals surface area (Å²) in [5, 5.41) is 3.85. The predicted octanol–water partition coefficient (Wildman–Crippen LogP) is 4.26. The number of hydrazine groups is 1. The molecular weight excluding hydrogens is 267 g/mol. The van der Waals surface area contributed by atoms with E-state index in [4.69, 9.17) is 23.2 Å². The molecule has 1 heterocycles. The van der Waals surface area contributed by atoms with Crippen molar-refractivity contribution in [2.75, 3.05) is 0 Å². The number of piperidine rings is 1. The fourth-order valence-electron chi connectivity index (χ4n) is 2.59. The monoisotopic (exact) mass is 286 g/mol. The van der Waals surface area contributed by atoms with Gasteiger partial charge in [0.05, 0.1) is 0 Å². The molecule has 0 saturated carbocycles. The number of nitrogens with one attached hydrogen (secondary N) is 1. The van der Waals surface area contributed by atoms with Crippen molar-refractivity contribution in [3.63, 3.8) is 0 Å². The van der Waals surface area contributed by atoms with Crippen molar-refractivity contribution in [1.82, 2.24) is 10.4 Å². The first-order chi connectivity index (χ1) is 8.58. The van der Waals surface area contributed by atoms with Crippen molar-refractivity contribution < 1.29 is 0 Å². The Morgan fingerprint density at radius 1 is 1.22 bits per heavy atom. The molecule has 2 unspecified atom stereocenters. The summed E-state index contributed by atoms with van der Waals surface area (Å²) >= 11 is 12.2. The summed E-state index contributed by atoms with van der Waals surface area (Å²) in [4.78, 5) is 0. The standard InChI is InChI=1S/C14H20Cl2N2/c1-10-4-3-5-11(2)18(10)17-9-12-8-13(15)6-7-14(12)16/h6-8,10-11,17H,3-5,9H2,1-2H3. The Hall–Kier alpha value is -0.280. The van der Waals surface area contributed by atoms with E-state index in [9.17, 15) is 0 Å². The lowest BCUT2D eigenvalue weighted by atomic mass is 10.00.